The summed E-state index contributed by atoms with van der Waals surface area (Å²) >= 11 is 5.80. The van der Waals surface area contributed by atoms with Crippen LogP contribution >= 0.6 is 11.6 Å². The number of Topliss-reactive ketones (excluding diaryl/α,β-unsaturated/α-hetero) is 1. The SMILES string of the molecule is O=C(Cc1cccc(Cl)c1)c1cccc(C(F)(F)F)c1. The van der Waals surface area contributed by atoms with Crippen LogP contribution in [0.15, 0.2) is 48.5 Å². The molecular weight excluding hydrogens is 289 g/mol. The van der Waals surface area contributed by atoms with E-state index in [4.69, 9.17) is 11.6 Å². The van der Waals surface area contributed by atoms with Crippen LogP contribution in [-0.4, -0.2) is 5.78 Å². The predicted molar refractivity (Wildman–Crippen MR) is 70.9 cm³/mol. The summed E-state index contributed by atoms with van der Waals surface area (Å²) in [6.45, 7) is 0. The van der Waals surface area contributed by atoms with Gasteiger partial charge in [-0.15, -0.1) is 0 Å². The Hall–Kier alpha value is -1.81. The van der Waals surface area contributed by atoms with E-state index in [1.54, 1.807) is 24.3 Å². The van der Waals surface area contributed by atoms with Crippen molar-refractivity contribution in [2.24, 2.45) is 0 Å². The lowest BCUT2D eigenvalue weighted by Crippen LogP contribution is -2.08. The van der Waals surface area contributed by atoms with Gasteiger partial charge in [-0.3, -0.25) is 4.79 Å². The van der Waals surface area contributed by atoms with E-state index in [1.165, 1.54) is 12.1 Å². The summed E-state index contributed by atoms with van der Waals surface area (Å²) in [7, 11) is 0. The van der Waals surface area contributed by atoms with Crippen LogP contribution in [-0.2, 0) is 12.6 Å². The Balaban J connectivity index is 2.22. The third kappa shape index (κ3) is 3.61. The molecule has 0 N–H and O–H groups in total. The molecule has 0 aliphatic rings. The first kappa shape index (κ1) is 14.6. The Kier molecular flexibility index (Phi) is 4.14. The summed E-state index contributed by atoms with van der Waals surface area (Å²) in [6, 6.07) is 11.1. The Morgan fingerprint density at radius 1 is 1.05 bits per heavy atom. The molecule has 5 heteroatoms. The molecule has 2 aromatic rings. The summed E-state index contributed by atoms with van der Waals surface area (Å²) in [5, 5.41) is 0.486. The lowest BCUT2D eigenvalue weighted by atomic mass is 10.0. The van der Waals surface area contributed by atoms with E-state index in [0.29, 0.717) is 10.6 Å². The highest BCUT2D eigenvalue weighted by atomic mass is 35.5. The largest absolute Gasteiger partial charge is 0.416 e. The average Bonchev–Trinajstić information content (AvgIpc) is 2.38. The first-order chi connectivity index (χ1) is 9.36. The van der Waals surface area contributed by atoms with Crippen LogP contribution < -0.4 is 0 Å². The van der Waals surface area contributed by atoms with Crippen LogP contribution in [0.1, 0.15) is 21.5 Å². The molecule has 0 bridgehead atoms. The second kappa shape index (κ2) is 5.67. The molecular formula is C15H10ClF3O. The molecule has 0 atom stereocenters. The molecule has 0 saturated carbocycles. The van der Waals surface area contributed by atoms with E-state index in [0.717, 1.165) is 12.1 Å². The van der Waals surface area contributed by atoms with Crippen LogP contribution in [0.2, 0.25) is 5.02 Å². The molecule has 104 valence electrons. The summed E-state index contributed by atoms with van der Waals surface area (Å²) in [5.74, 6) is -0.377. The maximum absolute atomic E-state index is 12.6. The van der Waals surface area contributed by atoms with Crippen molar-refractivity contribution in [3.63, 3.8) is 0 Å². The number of carbonyl (C=O) groups excluding carboxylic acids is 1. The molecule has 0 amide bonds. The number of rotatable bonds is 3. The minimum absolute atomic E-state index is 0.0157. The van der Waals surface area contributed by atoms with Crippen molar-refractivity contribution in [1.29, 1.82) is 0 Å². The van der Waals surface area contributed by atoms with Gasteiger partial charge in [-0.2, -0.15) is 13.2 Å². The van der Waals surface area contributed by atoms with Gasteiger partial charge in [-0.25, -0.2) is 0 Å². The van der Waals surface area contributed by atoms with Gasteiger partial charge in [0.1, 0.15) is 0 Å². The Labute approximate surface area is 119 Å². The normalized spacial score (nSPS) is 11.4. The smallest absolute Gasteiger partial charge is 0.294 e. The zero-order valence-corrected chi connectivity index (χ0v) is 11.0. The van der Waals surface area contributed by atoms with Gasteiger partial charge >= 0.3 is 6.18 Å². The molecule has 20 heavy (non-hydrogen) atoms. The molecule has 2 aromatic carbocycles. The fourth-order valence-electron chi connectivity index (χ4n) is 1.80. The van der Waals surface area contributed by atoms with Crippen LogP contribution in [0.5, 0.6) is 0 Å². The van der Waals surface area contributed by atoms with Crippen LogP contribution in [0, 0.1) is 0 Å². The molecule has 0 aliphatic heterocycles. The minimum Gasteiger partial charge on any atom is -0.294 e. The van der Waals surface area contributed by atoms with Gasteiger partial charge in [0.15, 0.2) is 5.78 Å². The Morgan fingerprint density at radius 2 is 1.75 bits per heavy atom. The highest BCUT2D eigenvalue weighted by molar-refractivity contribution is 6.30. The molecule has 0 spiro atoms. The quantitative estimate of drug-likeness (QED) is 0.745. The maximum atomic E-state index is 12.6. The number of ketones is 1. The number of carbonyl (C=O) groups is 1. The number of alkyl halides is 3. The maximum Gasteiger partial charge on any atom is 0.416 e. The molecule has 0 saturated heterocycles. The van der Waals surface area contributed by atoms with E-state index in [1.807, 2.05) is 0 Å². The highest BCUT2D eigenvalue weighted by Crippen LogP contribution is 2.29. The second-order valence-corrected chi connectivity index (χ2v) is 4.74. The van der Waals surface area contributed by atoms with Gasteiger partial charge in [0, 0.05) is 17.0 Å². The number of hydrogen-bond acceptors (Lipinski definition) is 1. The van der Waals surface area contributed by atoms with E-state index < -0.39 is 11.7 Å². The fraction of sp³-hybridized carbons (Fsp3) is 0.133. The van der Waals surface area contributed by atoms with Crippen molar-refractivity contribution in [1.82, 2.24) is 0 Å². The van der Waals surface area contributed by atoms with Gasteiger partial charge in [-0.05, 0) is 29.8 Å². The number of hydrogen-bond donors (Lipinski definition) is 0. The van der Waals surface area contributed by atoms with Crippen molar-refractivity contribution in [2.45, 2.75) is 12.6 Å². The van der Waals surface area contributed by atoms with Gasteiger partial charge in [0.05, 0.1) is 5.56 Å². The van der Waals surface area contributed by atoms with E-state index in [2.05, 4.69) is 0 Å². The first-order valence-electron chi connectivity index (χ1n) is 5.81. The lowest BCUT2D eigenvalue weighted by molar-refractivity contribution is -0.137. The number of benzene rings is 2. The first-order valence-corrected chi connectivity index (χ1v) is 6.19. The summed E-state index contributed by atoms with van der Waals surface area (Å²) < 4.78 is 37.7. The predicted octanol–water partition coefficient (Wildman–Crippen LogP) is 4.78. The third-order valence-electron chi connectivity index (χ3n) is 2.77. The summed E-state index contributed by atoms with van der Waals surface area (Å²) in [6.07, 6.45) is -4.44. The second-order valence-electron chi connectivity index (χ2n) is 4.31. The summed E-state index contributed by atoms with van der Waals surface area (Å²) in [4.78, 5) is 12.0. The fourth-order valence-corrected chi connectivity index (χ4v) is 2.02. The average molecular weight is 299 g/mol. The molecule has 1 nitrogen and oxygen atoms in total. The molecule has 0 unspecified atom stereocenters. The zero-order valence-electron chi connectivity index (χ0n) is 10.2. The molecule has 0 aliphatic carbocycles. The lowest BCUT2D eigenvalue weighted by Gasteiger charge is -2.08. The van der Waals surface area contributed by atoms with Gasteiger partial charge in [0.2, 0.25) is 0 Å². The van der Waals surface area contributed by atoms with Gasteiger partial charge < -0.3 is 0 Å². The van der Waals surface area contributed by atoms with Crippen molar-refractivity contribution in [3.8, 4) is 0 Å². The Morgan fingerprint density at radius 3 is 2.40 bits per heavy atom. The van der Waals surface area contributed by atoms with Crippen LogP contribution in [0.4, 0.5) is 13.2 Å². The standard InChI is InChI=1S/C15H10ClF3O/c16-13-6-1-3-10(7-13)8-14(20)11-4-2-5-12(9-11)15(17,18)19/h1-7,9H,8H2. The minimum atomic E-state index is -4.45. The zero-order chi connectivity index (χ0) is 14.8. The van der Waals surface area contributed by atoms with E-state index in [-0.39, 0.29) is 17.8 Å². The molecule has 0 fully saturated rings. The third-order valence-corrected chi connectivity index (χ3v) is 3.00. The van der Waals surface area contributed by atoms with E-state index >= 15 is 0 Å². The van der Waals surface area contributed by atoms with Gasteiger partial charge in [0.25, 0.3) is 0 Å². The molecule has 0 radical (unpaired) electrons. The molecule has 0 aromatic heterocycles. The van der Waals surface area contributed by atoms with E-state index in [9.17, 15) is 18.0 Å². The van der Waals surface area contributed by atoms with Crippen molar-refractivity contribution < 1.29 is 18.0 Å². The topological polar surface area (TPSA) is 17.1 Å². The van der Waals surface area contributed by atoms with Crippen molar-refractivity contribution >= 4 is 17.4 Å². The highest BCUT2D eigenvalue weighted by Gasteiger charge is 2.30. The van der Waals surface area contributed by atoms with Crippen LogP contribution in [0.3, 0.4) is 0 Å². The van der Waals surface area contributed by atoms with Crippen molar-refractivity contribution in [2.75, 3.05) is 0 Å². The Bertz CT molecular complexity index is 635. The summed E-state index contributed by atoms with van der Waals surface area (Å²) in [5.41, 5.74) is -0.117. The monoisotopic (exact) mass is 298 g/mol. The molecule has 2 rings (SSSR count). The molecule has 0 heterocycles. The van der Waals surface area contributed by atoms with Crippen LogP contribution in [0.25, 0.3) is 0 Å². The number of halogens is 4. The van der Waals surface area contributed by atoms with Crippen molar-refractivity contribution in [3.05, 3.63) is 70.2 Å². The van der Waals surface area contributed by atoms with Gasteiger partial charge in [-0.1, -0.05) is 35.9 Å².